The highest BCUT2D eigenvalue weighted by Gasteiger charge is 2.27. The maximum absolute atomic E-state index is 13.5. The quantitative estimate of drug-likeness (QED) is 0.671. The van der Waals surface area contributed by atoms with E-state index < -0.39 is 10.7 Å². The van der Waals surface area contributed by atoms with Crippen LogP contribution in [0.5, 0.6) is 0 Å². The van der Waals surface area contributed by atoms with Crippen LogP contribution in [0.3, 0.4) is 0 Å². The lowest BCUT2D eigenvalue weighted by atomic mass is 9.94. The van der Waals surface area contributed by atoms with Crippen molar-refractivity contribution < 1.29 is 9.31 Å². The highest BCUT2D eigenvalue weighted by molar-refractivity contribution is 7.99. The number of hydrogen-bond acceptors (Lipinski definition) is 4. The van der Waals surface area contributed by atoms with Crippen molar-refractivity contribution in [2.45, 2.75) is 43.9 Å². The van der Waals surface area contributed by atoms with Crippen LogP contribution in [0.2, 0.25) is 0 Å². The number of nitro groups is 1. The molecule has 2 atom stereocenters. The van der Waals surface area contributed by atoms with E-state index in [0.29, 0.717) is 16.5 Å². The van der Waals surface area contributed by atoms with E-state index in [1.165, 1.54) is 6.42 Å². The number of nitro benzene ring substituents is 1. The predicted octanol–water partition coefficient (Wildman–Crippen LogP) is 4.13. The molecular weight excluding hydrogens is 279 g/mol. The maximum atomic E-state index is 13.5. The van der Waals surface area contributed by atoms with Gasteiger partial charge in [-0.15, -0.1) is 0 Å². The van der Waals surface area contributed by atoms with Gasteiger partial charge in [0, 0.05) is 11.3 Å². The third-order valence-corrected chi connectivity index (χ3v) is 4.99. The molecule has 0 saturated heterocycles. The average molecular weight is 298 g/mol. The van der Waals surface area contributed by atoms with Crippen molar-refractivity contribution in [2.24, 2.45) is 0 Å². The normalized spacial score (nSPS) is 22.6. The van der Waals surface area contributed by atoms with Gasteiger partial charge in [0.15, 0.2) is 0 Å². The Hall–Kier alpha value is -1.30. The Kier molecular flexibility index (Phi) is 4.86. The Bertz CT molecular complexity index is 510. The van der Waals surface area contributed by atoms with Crippen molar-refractivity contribution >= 4 is 23.1 Å². The number of nitrogens with zero attached hydrogens (tertiary/aromatic N) is 1. The first kappa shape index (κ1) is 15.1. The van der Waals surface area contributed by atoms with Gasteiger partial charge in [0.2, 0.25) is 0 Å². The molecule has 1 aliphatic carbocycles. The van der Waals surface area contributed by atoms with Gasteiger partial charge in [-0.05, 0) is 37.7 Å². The van der Waals surface area contributed by atoms with Gasteiger partial charge in [0.05, 0.1) is 11.0 Å². The smallest absolute Gasteiger partial charge is 0.295 e. The zero-order valence-corrected chi connectivity index (χ0v) is 12.5. The van der Waals surface area contributed by atoms with Gasteiger partial charge in [-0.1, -0.05) is 12.8 Å². The van der Waals surface area contributed by atoms with E-state index in [1.807, 2.05) is 0 Å². The molecule has 1 aliphatic rings. The number of anilines is 1. The average Bonchev–Trinajstić information content (AvgIpc) is 2.43. The molecule has 1 fully saturated rings. The fourth-order valence-corrected chi connectivity index (χ4v) is 3.62. The van der Waals surface area contributed by atoms with Gasteiger partial charge in [0.25, 0.3) is 5.69 Å². The summed E-state index contributed by atoms with van der Waals surface area (Å²) in [7, 11) is 0. The first-order valence-corrected chi connectivity index (χ1v) is 8.05. The first-order chi connectivity index (χ1) is 9.52. The number of rotatable bonds is 4. The van der Waals surface area contributed by atoms with Crippen molar-refractivity contribution in [3.8, 4) is 0 Å². The van der Waals surface area contributed by atoms with E-state index in [1.54, 1.807) is 24.8 Å². The molecular formula is C14H19FN2O2S. The summed E-state index contributed by atoms with van der Waals surface area (Å²) < 4.78 is 13.5. The molecule has 1 N–H and O–H groups in total. The highest BCUT2D eigenvalue weighted by Crippen LogP contribution is 2.33. The Balaban J connectivity index is 2.27. The van der Waals surface area contributed by atoms with E-state index in [4.69, 9.17) is 0 Å². The van der Waals surface area contributed by atoms with E-state index in [0.717, 1.165) is 25.3 Å². The summed E-state index contributed by atoms with van der Waals surface area (Å²) in [6.45, 7) is 1.62. The molecule has 6 heteroatoms. The van der Waals surface area contributed by atoms with Crippen molar-refractivity contribution in [3.05, 3.63) is 33.6 Å². The van der Waals surface area contributed by atoms with Crippen LogP contribution in [0, 0.1) is 22.9 Å². The molecule has 0 amide bonds. The molecule has 4 nitrogen and oxygen atoms in total. The van der Waals surface area contributed by atoms with Crippen LogP contribution >= 0.6 is 11.8 Å². The number of hydrogen-bond donors (Lipinski definition) is 1. The highest BCUT2D eigenvalue weighted by atomic mass is 32.2. The van der Waals surface area contributed by atoms with E-state index >= 15 is 0 Å². The van der Waals surface area contributed by atoms with Gasteiger partial charge >= 0.3 is 0 Å². The van der Waals surface area contributed by atoms with Gasteiger partial charge in [-0.2, -0.15) is 11.8 Å². The number of benzene rings is 1. The molecule has 1 saturated carbocycles. The number of halogens is 1. The lowest BCUT2D eigenvalue weighted by Gasteiger charge is -2.31. The summed E-state index contributed by atoms with van der Waals surface area (Å²) in [5.74, 6) is -0.535. The van der Waals surface area contributed by atoms with Crippen LogP contribution < -0.4 is 5.32 Å². The fraction of sp³-hybridized carbons (Fsp3) is 0.571. The lowest BCUT2D eigenvalue weighted by Crippen LogP contribution is -2.34. The van der Waals surface area contributed by atoms with Gasteiger partial charge < -0.3 is 5.32 Å². The first-order valence-electron chi connectivity index (χ1n) is 6.76. The molecule has 0 bridgehead atoms. The van der Waals surface area contributed by atoms with Crippen LogP contribution in [-0.4, -0.2) is 22.5 Å². The minimum absolute atomic E-state index is 0.182. The minimum atomic E-state index is -0.535. The molecule has 20 heavy (non-hydrogen) atoms. The van der Waals surface area contributed by atoms with Gasteiger partial charge in [-0.25, -0.2) is 4.39 Å². The van der Waals surface area contributed by atoms with E-state index in [-0.39, 0.29) is 11.7 Å². The van der Waals surface area contributed by atoms with E-state index in [2.05, 4.69) is 11.6 Å². The van der Waals surface area contributed by atoms with Crippen LogP contribution in [0.4, 0.5) is 15.8 Å². The summed E-state index contributed by atoms with van der Waals surface area (Å²) >= 11 is 1.79. The van der Waals surface area contributed by atoms with E-state index in [9.17, 15) is 14.5 Å². The minimum Gasteiger partial charge on any atom is -0.376 e. The van der Waals surface area contributed by atoms with Crippen molar-refractivity contribution in [1.29, 1.82) is 0 Å². The number of nitrogens with one attached hydrogen (secondary N) is 1. The second kappa shape index (κ2) is 6.43. The number of aryl methyl sites for hydroxylation is 1. The molecule has 2 unspecified atom stereocenters. The molecule has 1 aromatic rings. The van der Waals surface area contributed by atoms with Crippen LogP contribution in [0.25, 0.3) is 0 Å². The van der Waals surface area contributed by atoms with Gasteiger partial charge in [0.1, 0.15) is 11.5 Å². The fourth-order valence-electron chi connectivity index (χ4n) is 2.68. The SMILES string of the molecule is CSC1CCCCC1Nc1cc(C)c(F)cc1[N+](=O)[O-]. The zero-order valence-electron chi connectivity index (χ0n) is 11.7. The van der Waals surface area contributed by atoms with Crippen LogP contribution in [0.1, 0.15) is 31.2 Å². The van der Waals surface area contributed by atoms with Crippen molar-refractivity contribution in [2.75, 3.05) is 11.6 Å². The Labute approximate surface area is 122 Å². The summed E-state index contributed by atoms with van der Waals surface area (Å²) in [5, 5.41) is 14.8. The van der Waals surface area contributed by atoms with Crippen LogP contribution in [0.15, 0.2) is 12.1 Å². The Morgan fingerprint density at radius 1 is 1.40 bits per heavy atom. The molecule has 2 rings (SSSR count). The molecule has 0 heterocycles. The number of thioether (sulfide) groups is 1. The van der Waals surface area contributed by atoms with Crippen molar-refractivity contribution in [3.63, 3.8) is 0 Å². The maximum Gasteiger partial charge on any atom is 0.295 e. The lowest BCUT2D eigenvalue weighted by molar-refractivity contribution is -0.384. The zero-order chi connectivity index (χ0) is 14.7. The molecule has 0 spiro atoms. The second-order valence-electron chi connectivity index (χ2n) is 5.19. The van der Waals surface area contributed by atoms with Crippen molar-refractivity contribution in [1.82, 2.24) is 0 Å². The molecule has 0 aromatic heterocycles. The second-order valence-corrected chi connectivity index (χ2v) is 6.26. The third kappa shape index (κ3) is 3.23. The summed E-state index contributed by atoms with van der Waals surface area (Å²) in [4.78, 5) is 10.5. The topological polar surface area (TPSA) is 55.2 Å². The predicted molar refractivity (Wildman–Crippen MR) is 81.0 cm³/mol. The Morgan fingerprint density at radius 2 is 2.10 bits per heavy atom. The summed E-state index contributed by atoms with van der Waals surface area (Å²) in [6.07, 6.45) is 6.51. The van der Waals surface area contributed by atoms with Gasteiger partial charge in [-0.3, -0.25) is 10.1 Å². The molecule has 0 radical (unpaired) electrons. The standard InChI is InChI=1S/C14H19FN2O2S/c1-9-7-12(13(17(18)19)8-10(9)15)16-11-5-3-4-6-14(11)20-2/h7-8,11,14,16H,3-6H2,1-2H3. The Morgan fingerprint density at radius 3 is 2.75 bits per heavy atom. The van der Waals surface area contributed by atoms with Crippen LogP contribution in [-0.2, 0) is 0 Å². The largest absolute Gasteiger partial charge is 0.376 e. The monoisotopic (exact) mass is 298 g/mol. The molecule has 110 valence electrons. The summed E-state index contributed by atoms with van der Waals surface area (Å²) in [6, 6.07) is 2.76. The summed E-state index contributed by atoms with van der Waals surface area (Å²) in [5.41, 5.74) is 0.674. The molecule has 0 aliphatic heterocycles. The molecule has 1 aromatic carbocycles. The third-order valence-electron chi connectivity index (χ3n) is 3.82.